The Balaban J connectivity index is 1.94. The molecule has 0 aliphatic heterocycles. The summed E-state index contributed by atoms with van der Waals surface area (Å²) in [4.78, 5) is 0. The first-order valence-electron chi connectivity index (χ1n) is 10.2. The Morgan fingerprint density at radius 3 is 1.42 bits per heavy atom. The van der Waals surface area contributed by atoms with Gasteiger partial charge in [0, 0.05) is 5.56 Å². The van der Waals surface area contributed by atoms with E-state index in [1.165, 1.54) is 77.0 Å². The highest BCUT2D eigenvalue weighted by atomic mass is 16.3. The number of phenolic OH excluding ortho intramolecular Hbond substituents is 2. The Morgan fingerprint density at radius 1 is 0.625 bits per heavy atom. The zero-order valence-electron chi connectivity index (χ0n) is 15.9. The smallest absolute Gasteiger partial charge is 0.122 e. The molecule has 138 valence electrons. The summed E-state index contributed by atoms with van der Waals surface area (Å²) < 4.78 is 0. The maximum atomic E-state index is 9.90. The van der Waals surface area contributed by atoms with Crippen molar-refractivity contribution in [2.24, 2.45) is 0 Å². The quantitative estimate of drug-likeness (QED) is 0.358. The van der Waals surface area contributed by atoms with Crippen molar-refractivity contribution in [2.75, 3.05) is 0 Å². The van der Waals surface area contributed by atoms with E-state index in [1.54, 1.807) is 12.1 Å². The van der Waals surface area contributed by atoms with Crippen molar-refractivity contribution in [1.82, 2.24) is 0 Å². The average molecular weight is 335 g/mol. The normalized spacial score (nSPS) is 11.1. The fraction of sp³-hybridized carbons (Fsp3) is 0.727. The van der Waals surface area contributed by atoms with Crippen LogP contribution in [-0.2, 0) is 6.42 Å². The van der Waals surface area contributed by atoms with Gasteiger partial charge in [-0.15, -0.1) is 0 Å². The third-order valence-electron chi connectivity index (χ3n) is 4.88. The van der Waals surface area contributed by atoms with Crippen molar-refractivity contribution in [2.45, 2.75) is 104 Å². The summed E-state index contributed by atoms with van der Waals surface area (Å²) in [6.45, 7) is 4.15. The second-order valence-corrected chi connectivity index (χ2v) is 7.27. The van der Waals surface area contributed by atoms with E-state index < -0.39 is 0 Å². The molecule has 0 saturated heterocycles. The first-order valence-corrected chi connectivity index (χ1v) is 10.2. The van der Waals surface area contributed by atoms with Crippen LogP contribution in [0.4, 0.5) is 0 Å². The standard InChI is InChI=1S/C22H38O2/c1-3-4-5-6-7-8-9-10-11-12-13-14-15-16-20-21(23)17-19(2)18-22(20)24/h17-18,23-24H,3-16H2,1-2H3. The molecule has 0 amide bonds. The summed E-state index contributed by atoms with van der Waals surface area (Å²) in [5, 5.41) is 19.8. The Kier molecular flexibility index (Phi) is 11.4. The van der Waals surface area contributed by atoms with Gasteiger partial charge in [0.05, 0.1) is 0 Å². The molecule has 0 aliphatic carbocycles. The van der Waals surface area contributed by atoms with Crippen molar-refractivity contribution in [1.29, 1.82) is 0 Å². The highest BCUT2D eigenvalue weighted by molar-refractivity contribution is 5.46. The van der Waals surface area contributed by atoms with Gasteiger partial charge in [-0.05, 0) is 37.5 Å². The molecule has 0 aliphatic rings. The third-order valence-corrected chi connectivity index (χ3v) is 4.88. The second kappa shape index (κ2) is 13.1. The first-order chi connectivity index (χ1) is 11.6. The van der Waals surface area contributed by atoms with Crippen molar-refractivity contribution in [3.63, 3.8) is 0 Å². The largest absolute Gasteiger partial charge is 0.508 e. The van der Waals surface area contributed by atoms with E-state index in [9.17, 15) is 10.2 Å². The average Bonchev–Trinajstić information content (AvgIpc) is 2.53. The van der Waals surface area contributed by atoms with Crippen LogP contribution in [0.15, 0.2) is 12.1 Å². The van der Waals surface area contributed by atoms with Gasteiger partial charge in [-0.25, -0.2) is 0 Å². The predicted molar refractivity (Wildman–Crippen MR) is 104 cm³/mol. The number of benzene rings is 1. The molecule has 0 unspecified atom stereocenters. The van der Waals surface area contributed by atoms with Crippen LogP contribution >= 0.6 is 0 Å². The number of aryl methyl sites for hydroxylation is 1. The number of hydrogen-bond donors (Lipinski definition) is 2. The Hall–Kier alpha value is -1.18. The maximum absolute atomic E-state index is 9.90. The van der Waals surface area contributed by atoms with Gasteiger partial charge >= 0.3 is 0 Å². The van der Waals surface area contributed by atoms with Crippen LogP contribution in [-0.4, -0.2) is 10.2 Å². The summed E-state index contributed by atoms with van der Waals surface area (Å²) in [6, 6.07) is 3.47. The van der Waals surface area contributed by atoms with E-state index in [-0.39, 0.29) is 11.5 Å². The lowest BCUT2D eigenvalue weighted by Gasteiger charge is -2.08. The molecule has 1 aromatic carbocycles. The molecule has 1 aromatic rings. The lowest BCUT2D eigenvalue weighted by Crippen LogP contribution is -1.90. The van der Waals surface area contributed by atoms with E-state index in [4.69, 9.17) is 0 Å². The molecule has 0 bridgehead atoms. The van der Waals surface area contributed by atoms with Gasteiger partial charge in [0.2, 0.25) is 0 Å². The van der Waals surface area contributed by atoms with Gasteiger partial charge in [0.1, 0.15) is 11.5 Å². The van der Waals surface area contributed by atoms with Crippen molar-refractivity contribution in [3.05, 3.63) is 23.3 Å². The number of unbranched alkanes of at least 4 members (excludes halogenated alkanes) is 12. The van der Waals surface area contributed by atoms with Gasteiger partial charge in [-0.1, -0.05) is 84.0 Å². The van der Waals surface area contributed by atoms with Crippen molar-refractivity contribution in [3.8, 4) is 11.5 Å². The molecule has 24 heavy (non-hydrogen) atoms. The highest BCUT2D eigenvalue weighted by Crippen LogP contribution is 2.30. The zero-order chi connectivity index (χ0) is 17.6. The van der Waals surface area contributed by atoms with Crippen LogP contribution in [0.25, 0.3) is 0 Å². The number of aromatic hydroxyl groups is 2. The van der Waals surface area contributed by atoms with Gasteiger partial charge in [0.15, 0.2) is 0 Å². The van der Waals surface area contributed by atoms with E-state index >= 15 is 0 Å². The molecule has 2 heteroatoms. The van der Waals surface area contributed by atoms with Crippen molar-refractivity contribution < 1.29 is 10.2 Å². The zero-order valence-corrected chi connectivity index (χ0v) is 15.9. The molecule has 0 fully saturated rings. The summed E-state index contributed by atoms with van der Waals surface area (Å²) in [5.41, 5.74) is 1.61. The first kappa shape index (κ1) is 20.9. The molecule has 1 rings (SSSR count). The molecule has 0 atom stereocenters. The highest BCUT2D eigenvalue weighted by Gasteiger charge is 2.07. The number of phenols is 2. The molecule has 2 N–H and O–H groups in total. The summed E-state index contributed by atoms with van der Waals surface area (Å²) in [5.74, 6) is 0.484. The minimum Gasteiger partial charge on any atom is -0.508 e. The molecule has 2 nitrogen and oxygen atoms in total. The van der Waals surface area contributed by atoms with Crippen LogP contribution in [0, 0.1) is 6.92 Å². The SMILES string of the molecule is CCCCCCCCCCCCCCCc1c(O)cc(C)cc1O. The second-order valence-electron chi connectivity index (χ2n) is 7.27. The van der Waals surface area contributed by atoms with Gasteiger partial charge < -0.3 is 10.2 Å². The molecule has 0 saturated carbocycles. The summed E-state index contributed by atoms with van der Waals surface area (Å²) in [7, 11) is 0. The van der Waals surface area contributed by atoms with E-state index in [2.05, 4.69) is 6.92 Å². The Bertz CT molecular complexity index is 417. The van der Waals surface area contributed by atoms with E-state index in [0.717, 1.165) is 18.4 Å². The molecule has 0 spiro atoms. The lowest BCUT2D eigenvalue weighted by atomic mass is 10.0. The Labute approximate surface area is 149 Å². The molecular weight excluding hydrogens is 296 g/mol. The summed E-state index contributed by atoms with van der Waals surface area (Å²) in [6.07, 6.45) is 18.1. The maximum Gasteiger partial charge on any atom is 0.122 e. The van der Waals surface area contributed by atoms with Crippen LogP contribution in [0.1, 0.15) is 102 Å². The minimum absolute atomic E-state index is 0.242. The van der Waals surface area contributed by atoms with Gasteiger partial charge in [-0.3, -0.25) is 0 Å². The fourth-order valence-corrected chi connectivity index (χ4v) is 3.35. The molecule has 0 aromatic heterocycles. The van der Waals surface area contributed by atoms with Crippen LogP contribution in [0.3, 0.4) is 0 Å². The fourth-order valence-electron chi connectivity index (χ4n) is 3.35. The third kappa shape index (κ3) is 9.20. The topological polar surface area (TPSA) is 40.5 Å². The lowest BCUT2D eigenvalue weighted by molar-refractivity contribution is 0.434. The van der Waals surface area contributed by atoms with Gasteiger partial charge in [-0.2, -0.15) is 0 Å². The van der Waals surface area contributed by atoms with E-state index in [0.29, 0.717) is 5.56 Å². The predicted octanol–water partition coefficient (Wildman–Crippen LogP) is 7.04. The Morgan fingerprint density at radius 2 is 1.00 bits per heavy atom. The molecular formula is C22H38O2. The van der Waals surface area contributed by atoms with Crippen molar-refractivity contribution >= 4 is 0 Å². The van der Waals surface area contributed by atoms with E-state index in [1.807, 2.05) is 6.92 Å². The minimum atomic E-state index is 0.242. The monoisotopic (exact) mass is 334 g/mol. The van der Waals surface area contributed by atoms with Crippen LogP contribution < -0.4 is 0 Å². The van der Waals surface area contributed by atoms with Crippen LogP contribution in [0.5, 0.6) is 11.5 Å². The summed E-state index contributed by atoms with van der Waals surface area (Å²) >= 11 is 0. The number of rotatable bonds is 14. The van der Waals surface area contributed by atoms with Gasteiger partial charge in [0.25, 0.3) is 0 Å². The molecule has 0 radical (unpaired) electrons. The van der Waals surface area contributed by atoms with Crippen LogP contribution in [0.2, 0.25) is 0 Å². The molecule has 0 heterocycles. The number of hydrogen-bond acceptors (Lipinski definition) is 2.